The van der Waals surface area contributed by atoms with Crippen molar-refractivity contribution in [2.45, 2.75) is 72.0 Å². The molecule has 1 fully saturated rings. The van der Waals surface area contributed by atoms with E-state index < -0.39 is 5.41 Å². The smallest absolute Gasteiger partial charge is 0.196 e. The van der Waals surface area contributed by atoms with Gasteiger partial charge in [-0.3, -0.25) is 9.59 Å². The van der Waals surface area contributed by atoms with Crippen molar-refractivity contribution in [1.82, 2.24) is 0 Å². The lowest BCUT2D eigenvalue weighted by molar-refractivity contribution is -0.137. The zero-order valence-electron chi connectivity index (χ0n) is 16.7. The van der Waals surface area contributed by atoms with Gasteiger partial charge in [0.2, 0.25) is 0 Å². The van der Waals surface area contributed by atoms with Crippen LogP contribution in [-0.4, -0.2) is 15.6 Å². The number of fused-ring (bicyclic) bond motifs is 1. The number of carbonyl (C=O) groups is 2. The molecule has 0 N–H and O–H groups in total. The van der Waals surface area contributed by atoms with Crippen molar-refractivity contribution in [3.8, 4) is 0 Å². The summed E-state index contributed by atoms with van der Waals surface area (Å²) in [5.41, 5.74) is -0.458. The van der Waals surface area contributed by atoms with E-state index in [-0.39, 0.29) is 28.0 Å². The van der Waals surface area contributed by atoms with E-state index in [0.29, 0.717) is 11.8 Å². The van der Waals surface area contributed by atoms with Crippen LogP contribution in [0.3, 0.4) is 0 Å². The van der Waals surface area contributed by atoms with Crippen molar-refractivity contribution < 1.29 is 9.59 Å². The molecule has 0 aromatic carbocycles. The zero-order chi connectivity index (χ0) is 18.8. The molecule has 2 aliphatic carbocycles. The minimum atomic E-state index is -0.458. The first-order valence-electron chi connectivity index (χ1n) is 9.64. The Kier molecular flexibility index (Phi) is 6.40. The van der Waals surface area contributed by atoms with E-state index in [1.54, 1.807) is 0 Å². The second-order valence-corrected chi connectivity index (χ2v) is 11.0. The summed E-state index contributed by atoms with van der Waals surface area (Å²) in [6.45, 7) is 12.5. The predicted molar refractivity (Wildman–Crippen MR) is 108 cm³/mol. The van der Waals surface area contributed by atoms with Gasteiger partial charge in [0.25, 0.3) is 0 Å². The standard InChI is InChI=1S/C22H34O2S/c1-7-8-17-11-10-16-13-15(2)9-12-18(16)22(17,6)19(23)14-20(24)25-21(3,4)5/h7-8,10-11,15-18H,9,12-14H2,1-6H3/b8-7+/t15-,16-,17-,18-,22-/m1/s1. The highest BCUT2D eigenvalue weighted by Crippen LogP contribution is 2.53. The second kappa shape index (κ2) is 7.82. The first-order valence-corrected chi connectivity index (χ1v) is 10.5. The largest absolute Gasteiger partial charge is 0.299 e. The molecule has 0 bridgehead atoms. The average Bonchev–Trinajstić information content (AvgIpc) is 2.48. The molecule has 0 heterocycles. The van der Waals surface area contributed by atoms with E-state index in [4.69, 9.17) is 0 Å². The summed E-state index contributed by atoms with van der Waals surface area (Å²) in [5.74, 6) is 1.79. The Balaban J connectivity index is 2.27. The second-order valence-electron chi connectivity index (χ2n) is 9.09. The number of thioether (sulfide) groups is 1. The Hall–Kier alpha value is -0.830. The van der Waals surface area contributed by atoms with Crippen LogP contribution in [0.5, 0.6) is 0 Å². The molecule has 2 nitrogen and oxygen atoms in total. The Bertz CT molecular complexity index is 569. The van der Waals surface area contributed by atoms with E-state index in [1.165, 1.54) is 18.2 Å². The third-order valence-electron chi connectivity index (χ3n) is 5.92. The minimum absolute atomic E-state index is 0.00762. The fourth-order valence-electron chi connectivity index (χ4n) is 4.65. The van der Waals surface area contributed by atoms with Gasteiger partial charge in [-0.15, -0.1) is 0 Å². The van der Waals surface area contributed by atoms with Crippen molar-refractivity contribution in [3.05, 3.63) is 24.3 Å². The predicted octanol–water partition coefficient (Wildman–Crippen LogP) is 5.82. The first-order chi connectivity index (χ1) is 11.6. The maximum atomic E-state index is 13.3. The van der Waals surface area contributed by atoms with Crippen LogP contribution in [0.25, 0.3) is 0 Å². The molecule has 0 amide bonds. The Labute approximate surface area is 157 Å². The summed E-state index contributed by atoms with van der Waals surface area (Å²) in [5, 5.41) is 0.00762. The van der Waals surface area contributed by atoms with Crippen molar-refractivity contribution in [2.75, 3.05) is 0 Å². The molecule has 140 valence electrons. The number of hydrogen-bond donors (Lipinski definition) is 0. The van der Waals surface area contributed by atoms with Crippen LogP contribution in [0, 0.1) is 29.1 Å². The number of Topliss-reactive ketones (excluding diaryl/α,β-unsaturated/α-hetero) is 1. The molecule has 5 atom stereocenters. The van der Waals surface area contributed by atoms with Crippen LogP contribution in [0.2, 0.25) is 0 Å². The summed E-state index contributed by atoms with van der Waals surface area (Å²) in [4.78, 5) is 25.8. The highest BCUT2D eigenvalue weighted by Gasteiger charge is 2.51. The summed E-state index contributed by atoms with van der Waals surface area (Å²) < 4.78 is -0.143. The van der Waals surface area contributed by atoms with Gasteiger partial charge in [0.15, 0.2) is 5.12 Å². The Morgan fingerprint density at radius 1 is 1.24 bits per heavy atom. The van der Waals surface area contributed by atoms with Gasteiger partial charge in [0.1, 0.15) is 5.78 Å². The van der Waals surface area contributed by atoms with Gasteiger partial charge in [0, 0.05) is 16.1 Å². The SMILES string of the molecule is C/C=C/[C@@H]1C=C[C@@H]2C[C@H](C)CC[C@H]2[C@]1(C)C(=O)CC(=O)SC(C)(C)C. The van der Waals surface area contributed by atoms with E-state index >= 15 is 0 Å². The normalized spacial score (nSPS) is 35.6. The first kappa shape index (κ1) is 20.5. The topological polar surface area (TPSA) is 34.1 Å². The molecular formula is C22H34O2S. The molecule has 25 heavy (non-hydrogen) atoms. The van der Waals surface area contributed by atoms with Crippen LogP contribution in [0.1, 0.15) is 67.2 Å². The number of allylic oxidation sites excluding steroid dienone is 4. The van der Waals surface area contributed by atoms with Gasteiger partial charge in [-0.25, -0.2) is 0 Å². The lowest BCUT2D eigenvalue weighted by Crippen LogP contribution is -2.48. The third kappa shape index (κ3) is 4.67. The van der Waals surface area contributed by atoms with E-state index in [2.05, 4.69) is 32.1 Å². The number of ketones is 1. The summed E-state index contributed by atoms with van der Waals surface area (Å²) >= 11 is 1.30. The molecule has 0 aromatic rings. The maximum Gasteiger partial charge on any atom is 0.196 e. The molecule has 2 rings (SSSR count). The van der Waals surface area contributed by atoms with Gasteiger partial charge in [0.05, 0.1) is 6.42 Å². The molecule has 0 unspecified atom stereocenters. The van der Waals surface area contributed by atoms with Crippen LogP contribution in [0.4, 0.5) is 0 Å². The van der Waals surface area contributed by atoms with Crippen LogP contribution < -0.4 is 0 Å². The van der Waals surface area contributed by atoms with Gasteiger partial charge in [-0.05, 0) is 37.5 Å². The van der Waals surface area contributed by atoms with E-state index in [1.807, 2.05) is 33.8 Å². The lowest BCUT2D eigenvalue weighted by atomic mass is 9.53. The monoisotopic (exact) mass is 362 g/mol. The van der Waals surface area contributed by atoms with Crippen molar-refractivity contribution >= 4 is 22.7 Å². The number of carbonyl (C=O) groups excluding carboxylic acids is 2. The summed E-state index contributed by atoms with van der Waals surface area (Å²) in [6.07, 6.45) is 12.2. The van der Waals surface area contributed by atoms with Crippen molar-refractivity contribution in [3.63, 3.8) is 0 Å². The zero-order valence-corrected chi connectivity index (χ0v) is 17.5. The molecule has 0 aromatic heterocycles. The highest BCUT2D eigenvalue weighted by atomic mass is 32.2. The molecule has 2 aliphatic rings. The number of hydrogen-bond acceptors (Lipinski definition) is 3. The van der Waals surface area contributed by atoms with Gasteiger partial charge < -0.3 is 0 Å². The molecule has 0 radical (unpaired) electrons. The minimum Gasteiger partial charge on any atom is -0.299 e. The lowest BCUT2D eigenvalue weighted by Gasteiger charge is -2.49. The fraction of sp³-hybridized carbons (Fsp3) is 0.727. The Morgan fingerprint density at radius 3 is 2.52 bits per heavy atom. The molecule has 0 aliphatic heterocycles. The van der Waals surface area contributed by atoms with Crippen LogP contribution in [-0.2, 0) is 9.59 Å². The molecule has 3 heteroatoms. The number of rotatable bonds is 4. The molecule has 0 spiro atoms. The quantitative estimate of drug-likeness (QED) is 0.466. The van der Waals surface area contributed by atoms with Gasteiger partial charge >= 0.3 is 0 Å². The van der Waals surface area contributed by atoms with Gasteiger partial charge in [-0.1, -0.05) is 77.1 Å². The molecular weight excluding hydrogens is 328 g/mol. The summed E-state index contributed by atoms with van der Waals surface area (Å²) in [7, 11) is 0. The average molecular weight is 363 g/mol. The van der Waals surface area contributed by atoms with Crippen LogP contribution in [0.15, 0.2) is 24.3 Å². The third-order valence-corrected chi connectivity index (χ3v) is 6.90. The fourth-order valence-corrected chi connectivity index (χ4v) is 5.54. The van der Waals surface area contributed by atoms with Crippen molar-refractivity contribution in [2.24, 2.45) is 29.1 Å². The van der Waals surface area contributed by atoms with E-state index in [9.17, 15) is 9.59 Å². The van der Waals surface area contributed by atoms with E-state index in [0.717, 1.165) is 18.8 Å². The highest BCUT2D eigenvalue weighted by molar-refractivity contribution is 8.14. The maximum absolute atomic E-state index is 13.3. The summed E-state index contributed by atoms with van der Waals surface area (Å²) in [6, 6.07) is 0. The molecule has 1 saturated carbocycles. The van der Waals surface area contributed by atoms with Crippen LogP contribution >= 0.6 is 11.8 Å². The Morgan fingerprint density at radius 2 is 1.92 bits per heavy atom. The van der Waals surface area contributed by atoms with Gasteiger partial charge in [-0.2, -0.15) is 0 Å². The van der Waals surface area contributed by atoms with Crippen molar-refractivity contribution in [1.29, 1.82) is 0 Å². The molecule has 0 saturated heterocycles.